The van der Waals surface area contributed by atoms with E-state index in [1.54, 1.807) is 20.8 Å². The Hall–Kier alpha value is -0.450. The Kier molecular flexibility index (Phi) is 4.68. The second-order valence-electron chi connectivity index (χ2n) is 4.72. The molecule has 0 heterocycles. The van der Waals surface area contributed by atoms with E-state index in [1.807, 2.05) is 0 Å². The van der Waals surface area contributed by atoms with Gasteiger partial charge in [-0.1, -0.05) is 0 Å². The molecule has 0 fully saturated rings. The molecule has 2 unspecified atom stereocenters. The lowest BCUT2D eigenvalue weighted by atomic mass is 10.0. The Labute approximate surface area is 96.3 Å². The third-order valence-corrected chi connectivity index (χ3v) is 3.42. The van der Waals surface area contributed by atoms with Gasteiger partial charge >= 0.3 is 6.18 Å². The minimum Gasteiger partial charge on any atom is -0.598 e. The summed E-state index contributed by atoms with van der Waals surface area (Å²) in [4.78, 5) is 0. The molecule has 0 rings (SSSR count). The lowest BCUT2D eigenvalue weighted by Gasteiger charge is -2.30. The Morgan fingerprint density at radius 1 is 1.25 bits per heavy atom. The molecule has 16 heavy (non-hydrogen) atoms. The molecular formula is C9H15F3N2OS. The average Bonchev–Trinajstić information content (AvgIpc) is 1.98. The molecule has 7 heteroatoms. The summed E-state index contributed by atoms with van der Waals surface area (Å²) in [5, 5.41) is 8.72. The van der Waals surface area contributed by atoms with Crippen LogP contribution >= 0.6 is 0 Å². The smallest absolute Gasteiger partial charge is 0.392 e. The molecule has 0 aromatic heterocycles. The minimum absolute atomic E-state index is 0.719. The number of hydrogen-bond acceptors (Lipinski definition) is 3. The van der Waals surface area contributed by atoms with Gasteiger partial charge in [-0.25, -0.2) is 0 Å². The maximum absolute atomic E-state index is 12.2. The van der Waals surface area contributed by atoms with Gasteiger partial charge in [-0.15, -0.1) is 4.72 Å². The first-order chi connectivity index (χ1) is 6.90. The zero-order valence-corrected chi connectivity index (χ0v) is 10.4. The van der Waals surface area contributed by atoms with Crippen molar-refractivity contribution in [1.82, 2.24) is 4.72 Å². The summed E-state index contributed by atoms with van der Waals surface area (Å²) < 4.78 is 49.7. The number of alkyl halides is 3. The van der Waals surface area contributed by atoms with Gasteiger partial charge in [-0.2, -0.15) is 18.4 Å². The van der Waals surface area contributed by atoms with Gasteiger partial charge in [0.2, 0.25) is 0 Å². The van der Waals surface area contributed by atoms with Crippen LogP contribution in [0.1, 0.15) is 34.1 Å². The highest BCUT2D eigenvalue weighted by Crippen LogP contribution is 2.28. The summed E-state index contributed by atoms with van der Waals surface area (Å²) in [5.74, 6) is 0. The second-order valence-corrected chi connectivity index (χ2v) is 6.69. The van der Waals surface area contributed by atoms with Crippen LogP contribution in [-0.2, 0) is 11.4 Å². The highest BCUT2D eigenvalue weighted by molar-refractivity contribution is 7.90. The molecule has 0 spiro atoms. The first-order valence-electron chi connectivity index (χ1n) is 4.57. The SMILES string of the molecule is CC(C#N)(CC(F)(F)F)N[S+]([O-])C(C)(C)C. The van der Waals surface area contributed by atoms with E-state index < -0.39 is 34.2 Å². The normalized spacial score (nSPS) is 18.7. The van der Waals surface area contributed by atoms with E-state index in [-0.39, 0.29) is 0 Å². The Bertz CT molecular complexity index is 282. The fraction of sp³-hybridized carbons (Fsp3) is 0.889. The molecule has 0 aromatic rings. The van der Waals surface area contributed by atoms with Crippen molar-refractivity contribution in [3.63, 3.8) is 0 Å². The van der Waals surface area contributed by atoms with Crippen molar-refractivity contribution in [2.24, 2.45) is 0 Å². The van der Waals surface area contributed by atoms with Crippen molar-refractivity contribution in [2.45, 2.75) is 50.6 Å². The van der Waals surface area contributed by atoms with Crippen LogP contribution in [0.4, 0.5) is 13.2 Å². The first kappa shape index (κ1) is 15.5. The highest BCUT2D eigenvalue weighted by atomic mass is 32.2. The summed E-state index contributed by atoms with van der Waals surface area (Å²) in [7, 11) is 0. The van der Waals surface area contributed by atoms with E-state index in [1.165, 1.54) is 6.07 Å². The van der Waals surface area contributed by atoms with Crippen molar-refractivity contribution in [1.29, 1.82) is 5.26 Å². The van der Waals surface area contributed by atoms with Gasteiger partial charge in [0.05, 0.1) is 12.5 Å². The minimum atomic E-state index is -4.47. The average molecular weight is 256 g/mol. The molecule has 2 atom stereocenters. The summed E-state index contributed by atoms with van der Waals surface area (Å²) >= 11 is -1.71. The fourth-order valence-corrected chi connectivity index (χ4v) is 1.69. The van der Waals surface area contributed by atoms with Crippen molar-refractivity contribution >= 4 is 11.4 Å². The van der Waals surface area contributed by atoms with E-state index in [4.69, 9.17) is 5.26 Å². The van der Waals surface area contributed by atoms with Crippen LogP contribution in [-0.4, -0.2) is 21.0 Å². The van der Waals surface area contributed by atoms with E-state index in [2.05, 4.69) is 4.72 Å². The quantitative estimate of drug-likeness (QED) is 0.788. The topological polar surface area (TPSA) is 58.9 Å². The van der Waals surface area contributed by atoms with Gasteiger partial charge in [0, 0.05) is 11.4 Å². The van der Waals surface area contributed by atoms with Crippen LogP contribution in [0.15, 0.2) is 0 Å². The number of nitrogens with one attached hydrogen (secondary N) is 1. The van der Waals surface area contributed by atoms with Crippen LogP contribution in [0.2, 0.25) is 0 Å². The van der Waals surface area contributed by atoms with Crippen molar-refractivity contribution < 1.29 is 17.7 Å². The molecule has 0 radical (unpaired) electrons. The van der Waals surface area contributed by atoms with Gasteiger partial charge in [0.1, 0.15) is 4.75 Å². The van der Waals surface area contributed by atoms with E-state index in [0.29, 0.717) is 0 Å². The van der Waals surface area contributed by atoms with Gasteiger partial charge in [0.15, 0.2) is 5.54 Å². The lowest BCUT2D eigenvalue weighted by molar-refractivity contribution is -0.142. The van der Waals surface area contributed by atoms with Crippen LogP contribution in [0, 0.1) is 11.3 Å². The Balaban J connectivity index is 4.70. The Morgan fingerprint density at radius 2 is 1.69 bits per heavy atom. The first-order valence-corrected chi connectivity index (χ1v) is 5.72. The van der Waals surface area contributed by atoms with Gasteiger partial charge in [-0.05, 0) is 27.7 Å². The molecule has 0 saturated carbocycles. The molecule has 0 aliphatic heterocycles. The molecule has 0 aliphatic carbocycles. The molecule has 0 aromatic carbocycles. The molecule has 0 bridgehead atoms. The van der Waals surface area contributed by atoms with Crippen molar-refractivity contribution in [3.05, 3.63) is 0 Å². The zero-order valence-electron chi connectivity index (χ0n) is 9.60. The summed E-state index contributed by atoms with van der Waals surface area (Å²) in [6, 6.07) is 1.51. The maximum atomic E-state index is 12.2. The zero-order chi connectivity index (χ0) is 13.2. The number of nitriles is 1. The van der Waals surface area contributed by atoms with Crippen LogP contribution in [0.3, 0.4) is 0 Å². The molecule has 0 saturated heterocycles. The van der Waals surface area contributed by atoms with Gasteiger partial charge < -0.3 is 4.55 Å². The van der Waals surface area contributed by atoms with Crippen LogP contribution < -0.4 is 4.72 Å². The summed E-state index contributed by atoms with van der Waals surface area (Å²) in [6.45, 7) is 5.93. The molecule has 0 aliphatic rings. The van der Waals surface area contributed by atoms with Crippen LogP contribution in [0.5, 0.6) is 0 Å². The molecule has 1 N–H and O–H groups in total. The molecular weight excluding hydrogens is 241 g/mol. The third-order valence-electron chi connectivity index (χ3n) is 1.67. The monoisotopic (exact) mass is 256 g/mol. The lowest BCUT2D eigenvalue weighted by Crippen LogP contribution is -2.52. The number of halogens is 3. The summed E-state index contributed by atoms with van der Waals surface area (Å²) in [5.41, 5.74) is -1.86. The van der Waals surface area contributed by atoms with Gasteiger partial charge in [0.25, 0.3) is 0 Å². The van der Waals surface area contributed by atoms with E-state index >= 15 is 0 Å². The molecule has 0 amide bonds. The molecule has 94 valence electrons. The fourth-order valence-electron chi connectivity index (χ4n) is 0.857. The predicted molar refractivity (Wildman–Crippen MR) is 55.7 cm³/mol. The second kappa shape index (κ2) is 4.82. The van der Waals surface area contributed by atoms with E-state index in [9.17, 15) is 17.7 Å². The standard InChI is InChI=1S/C9H15F3N2OS/c1-7(2,3)16(15)14-8(4,6-13)5-9(10,11)12/h14H,5H2,1-4H3. The van der Waals surface area contributed by atoms with Crippen LogP contribution in [0.25, 0.3) is 0 Å². The van der Waals surface area contributed by atoms with Crippen molar-refractivity contribution in [2.75, 3.05) is 0 Å². The summed E-state index contributed by atoms with van der Waals surface area (Å²) in [6.07, 6.45) is -5.81. The Morgan fingerprint density at radius 3 is 1.94 bits per heavy atom. The third kappa shape index (κ3) is 5.58. The number of hydrogen-bond donors (Lipinski definition) is 1. The number of rotatable bonds is 3. The molecule has 3 nitrogen and oxygen atoms in total. The largest absolute Gasteiger partial charge is 0.598 e. The van der Waals surface area contributed by atoms with Gasteiger partial charge in [-0.3, -0.25) is 0 Å². The van der Waals surface area contributed by atoms with Crippen molar-refractivity contribution in [3.8, 4) is 6.07 Å². The maximum Gasteiger partial charge on any atom is 0.392 e. The highest BCUT2D eigenvalue weighted by Gasteiger charge is 2.44. The number of nitrogens with zero attached hydrogens (tertiary/aromatic N) is 1. The predicted octanol–water partition coefficient (Wildman–Crippen LogP) is 2.27. The van der Waals surface area contributed by atoms with E-state index in [0.717, 1.165) is 6.92 Å².